The summed E-state index contributed by atoms with van der Waals surface area (Å²) in [6, 6.07) is 3.69. The van der Waals surface area contributed by atoms with Crippen LogP contribution in [0, 0.1) is 5.92 Å². The SMILES string of the molecule is CCn1c(CC2CCN(Cc3cnc(-c4ccco4)nc3)CC2)n[nH]c1=O. The van der Waals surface area contributed by atoms with E-state index < -0.39 is 0 Å². The summed E-state index contributed by atoms with van der Waals surface area (Å²) in [6.45, 7) is 5.56. The second-order valence-corrected chi connectivity index (χ2v) is 7.01. The van der Waals surface area contributed by atoms with Gasteiger partial charge in [0, 0.05) is 37.5 Å². The van der Waals surface area contributed by atoms with Crippen LogP contribution < -0.4 is 5.69 Å². The second-order valence-electron chi connectivity index (χ2n) is 7.01. The lowest BCUT2D eigenvalue weighted by Gasteiger charge is -2.31. The van der Waals surface area contributed by atoms with Crippen LogP contribution in [0.3, 0.4) is 0 Å². The molecule has 0 aromatic carbocycles. The Kier molecular flexibility index (Phi) is 5.15. The highest BCUT2D eigenvalue weighted by Gasteiger charge is 2.22. The Morgan fingerprint density at radius 2 is 2.04 bits per heavy atom. The van der Waals surface area contributed by atoms with Crippen molar-refractivity contribution in [2.45, 2.75) is 39.3 Å². The van der Waals surface area contributed by atoms with Crippen LogP contribution in [0.1, 0.15) is 31.2 Å². The highest BCUT2D eigenvalue weighted by Crippen LogP contribution is 2.22. The van der Waals surface area contributed by atoms with Gasteiger partial charge in [-0.3, -0.25) is 9.47 Å². The molecule has 1 fully saturated rings. The zero-order valence-electron chi connectivity index (χ0n) is 15.5. The quantitative estimate of drug-likeness (QED) is 0.716. The summed E-state index contributed by atoms with van der Waals surface area (Å²) in [6.07, 6.45) is 8.45. The van der Waals surface area contributed by atoms with Gasteiger partial charge in [0.2, 0.25) is 0 Å². The Balaban J connectivity index is 1.30. The summed E-state index contributed by atoms with van der Waals surface area (Å²) in [5.41, 5.74) is 0.999. The highest BCUT2D eigenvalue weighted by molar-refractivity contribution is 5.45. The van der Waals surface area contributed by atoms with E-state index in [1.165, 1.54) is 0 Å². The van der Waals surface area contributed by atoms with Crippen LogP contribution in [-0.2, 0) is 19.5 Å². The smallest absolute Gasteiger partial charge is 0.343 e. The number of aromatic nitrogens is 5. The van der Waals surface area contributed by atoms with Crippen molar-refractivity contribution in [3.63, 3.8) is 0 Å². The lowest BCUT2D eigenvalue weighted by atomic mass is 9.93. The summed E-state index contributed by atoms with van der Waals surface area (Å²) >= 11 is 0. The largest absolute Gasteiger partial charge is 0.461 e. The van der Waals surface area contributed by atoms with Gasteiger partial charge in [0.1, 0.15) is 5.82 Å². The molecule has 3 aromatic heterocycles. The van der Waals surface area contributed by atoms with E-state index in [4.69, 9.17) is 4.42 Å². The number of nitrogens with zero attached hydrogens (tertiary/aromatic N) is 5. The molecule has 0 radical (unpaired) electrons. The van der Waals surface area contributed by atoms with Crippen molar-refractivity contribution < 1.29 is 4.42 Å². The topological polar surface area (TPSA) is 92.8 Å². The number of aromatic amines is 1. The van der Waals surface area contributed by atoms with Crippen molar-refractivity contribution in [1.82, 2.24) is 29.6 Å². The van der Waals surface area contributed by atoms with E-state index in [0.717, 1.165) is 50.3 Å². The van der Waals surface area contributed by atoms with Crippen molar-refractivity contribution in [2.24, 2.45) is 5.92 Å². The molecule has 3 aromatic rings. The van der Waals surface area contributed by atoms with Crippen LogP contribution in [0.15, 0.2) is 40.0 Å². The molecule has 1 saturated heterocycles. The minimum Gasteiger partial charge on any atom is -0.461 e. The molecule has 0 saturated carbocycles. The predicted molar refractivity (Wildman–Crippen MR) is 100.0 cm³/mol. The van der Waals surface area contributed by atoms with Gasteiger partial charge in [-0.05, 0) is 50.9 Å². The first-order valence-corrected chi connectivity index (χ1v) is 9.44. The van der Waals surface area contributed by atoms with Gasteiger partial charge >= 0.3 is 5.69 Å². The van der Waals surface area contributed by atoms with Crippen LogP contribution in [0.25, 0.3) is 11.6 Å². The molecule has 1 N–H and O–H groups in total. The molecule has 0 bridgehead atoms. The molecule has 0 aliphatic carbocycles. The minimum absolute atomic E-state index is 0.108. The fourth-order valence-electron chi connectivity index (χ4n) is 3.67. The molecule has 8 heteroatoms. The maximum atomic E-state index is 11.7. The minimum atomic E-state index is -0.108. The van der Waals surface area contributed by atoms with Gasteiger partial charge in [-0.2, -0.15) is 5.10 Å². The van der Waals surface area contributed by atoms with E-state index in [-0.39, 0.29) is 5.69 Å². The molecule has 0 atom stereocenters. The molecule has 0 amide bonds. The van der Waals surface area contributed by atoms with E-state index in [9.17, 15) is 4.79 Å². The van der Waals surface area contributed by atoms with Crippen LogP contribution in [0.2, 0.25) is 0 Å². The first kappa shape index (κ1) is 17.7. The summed E-state index contributed by atoms with van der Waals surface area (Å²) < 4.78 is 7.05. The van der Waals surface area contributed by atoms with E-state index in [2.05, 4.69) is 25.1 Å². The average Bonchev–Trinajstić information content (AvgIpc) is 3.34. The van der Waals surface area contributed by atoms with E-state index in [1.54, 1.807) is 10.8 Å². The fourth-order valence-corrected chi connectivity index (χ4v) is 3.67. The summed E-state index contributed by atoms with van der Waals surface area (Å²) in [5.74, 6) is 2.75. The number of nitrogens with one attached hydrogen (secondary N) is 1. The number of hydrogen-bond donors (Lipinski definition) is 1. The van der Waals surface area contributed by atoms with Crippen LogP contribution in [0.5, 0.6) is 0 Å². The second kappa shape index (κ2) is 7.87. The summed E-state index contributed by atoms with van der Waals surface area (Å²) in [5, 5.41) is 6.74. The maximum Gasteiger partial charge on any atom is 0.343 e. The van der Waals surface area contributed by atoms with Crippen molar-refractivity contribution in [1.29, 1.82) is 0 Å². The van der Waals surface area contributed by atoms with Gasteiger partial charge < -0.3 is 4.42 Å². The van der Waals surface area contributed by atoms with E-state index in [0.29, 0.717) is 24.0 Å². The first-order chi connectivity index (χ1) is 13.2. The third kappa shape index (κ3) is 4.00. The summed E-state index contributed by atoms with van der Waals surface area (Å²) in [7, 11) is 0. The molecule has 27 heavy (non-hydrogen) atoms. The average molecular weight is 368 g/mol. The van der Waals surface area contributed by atoms with Crippen LogP contribution in [-0.4, -0.2) is 42.7 Å². The number of likely N-dealkylation sites (tertiary alicyclic amines) is 1. The lowest BCUT2D eigenvalue weighted by molar-refractivity contribution is 0.175. The molecule has 142 valence electrons. The Hall–Kier alpha value is -2.74. The Morgan fingerprint density at radius 1 is 1.26 bits per heavy atom. The number of furan rings is 1. The van der Waals surface area contributed by atoms with Crippen molar-refractivity contribution in [2.75, 3.05) is 13.1 Å². The molecule has 4 heterocycles. The Labute approximate surface area is 157 Å². The predicted octanol–water partition coefficient (Wildman–Crippen LogP) is 2.10. The number of rotatable bonds is 6. The third-order valence-electron chi connectivity index (χ3n) is 5.19. The number of hydrogen-bond acceptors (Lipinski definition) is 6. The summed E-state index contributed by atoms with van der Waals surface area (Å²) in [4.78, 5) is 22.9. The maximum absolute atomic E-state index is 11.7. The van der Waals surface area contributed by atoms with Gasteiger partial charge in [-0.15, -0.1) is 0 Å². The number of piperidine rings is 1. The molecule has 4 rings (SSSR count). The molecule has 1 aliphatic heterocycles. The molecule has 1 aliphatic rings. The van der Waals surface area contributed by atoms with Crippen LogP contribution >= 0.6 is 0 Å². The van der Waals surface area contributed by atoms with Gasteiger partial charge in [-0.25, -0.2) is 19.9 Å². The molecular weight excluding hydrogens is 344 g/mol. The van der Waals surface area contributed by atoms with Gasteiger partial charge in [-0.1, -0.05) is 0 Å². The lowest BCUT2D eigenvalue weighted by Crippen LogP contribution is -2.34. The van der Waals surface area contributed by atoms with Gasteiger partial charge in [0.15, 0.2) is 11.6 Å². The number of H-pyrrole nitrogens is 1. The Morgan fingerprint density at radius 3 is 2.70 bits per heavy atom. The first-order valence-electron chi connectivity index (χ1n) is 9.44. The van der Waals surface area contributed by atoms with Crippen molar-refractivity contribution >= 4 is 0 Å². The van der Waals surface area contributed by atoms with E-state index in [1.807, 2.05) is 31.5 Å². The fraction of sp³-hybridized carbons (Fsp3) is 0.474. The van der Waals surface area contributed by atoms with Gasteiger partial charge in [0.25, 0.3) is 0 Å². The zero-order valence-corrected chi connectivity index (χ0v) is 15.5. The standard InChI is InChI=1S/C19H24N6O2/c1-2-25-17(22-23-19(25)26)10-14-5-7-24(8-6-14)13-15-11-20-18(21-12-15)16-4-3-9-27-16/h3-4,9,11-12,14H,2,5-8,10,13H2,1H3,(H,23,26). The highest BCUT2D eigenvalue weighted by atomic mass is 16.3. The van der Waals surface area contributed by atoms with Crippen molar-refractivity contribution in [3.8, 4) is 11.6 Å². The normalized spacial score (nSPS) is 16.0. The van der Waals surface area contributed by atoms with Crippen LogP contribution in [0.4, 0.5) is 0 Å². The molecular formula is C19H24N6O2. The molecule has 8 nitrogen and oxygen atoms in total. The Bertz CT molecular complexity index is 905. The van der Waals surface area contributed by atoms with E-state index >= 15 is 0 Å². The third-order valence-corrected chi connectivity index (χ3v) is 5.19. The van der Waals surface area contributed by atoms with Crippen molar-refractivity contribution in [3.05, 3.63) is 52.7 Å². The monoisotopic (exact) mass is 368 g/mol. The van der Waals surface area contributed by atoms with Gasteiger partial charge in [0.05, 0.1) is 6.26 Å². The zero-order chi connectivity index (χ0) is 18.6. The molecule has 0 unspecified atom stereocenters. The molecule has 0 spiro atoms.